The van der Waals surface area contributed by atoms with E-state index >= 15 is 0 Å². The quantitative estimate of drug-likeness (QED) is 0.899. The van der Waals surface area contributed by atoms with Crippen molar-refractivity contribution in [3.05, 3.63) is 40.3 Å². The Morgan fingerprint density at radius 2 is 2.20 bits per heavy atom. The van der Waals surface area contributed by atoms with E-state index in [4.69, 9.17) is 4.98 Å². The molecule has 1 aromatic heterocycles. The second-order valence-electron chi connectivity index (χ2n) is 5.55. The SMILES string of the molecule is Cc1[nH]c(CC2CCCNC2)nc1-c1ccccc1Br. The lowest BCUT2D eigenvalue weighted by atomic mass is 9.96. The average molecular weight is 334 g/mol. The maximum absolute atomic E-state index is 4.82. The summed E-state index contributed by atoms with van der Waals surface area (Å²) in [5.41, 5.74) is 3.38. The second-order valence-corrected chi connectivity index (χ2v) is 6.41. The third-order valence-corrected chi connectivity index (χ3v) is 4.64. The van der Waals surface area contributed by atoms with Gasteiger partial charge in [0.1, 0.15) is 5.82 Å². The predicted octanol–water partition coefficient (Wildman–Crippen LogP) is 3.69. The summed E-state index contributed by atoms with van der Waals surface area (Å²) < 4.78 is 1.10. The Bertz CT molecular complexity index is 585. The molecule has 4 heteroatoms. The topological polar surface area (TPSA) is 40.7 Å². The molecule has 3 rings (SSSR count). The van der Waals surface area contributed by atoms with Crippen molar-refractivity contribution in [2.45, 2.75) is 26.2 Å². The summed E-state index contributed by atoms with van der Waals surface area (Å²) in [7, 11) is 0. The van der Waals surface area contributed by atoms with Crippen LogP contribution >= 0.6 is 15.9 Å². The van der Waals surface area contributed by atoms with E-state index in [0.717, 1.165) is 46.8 Å². The van der Waals surface area contributed by atoms with Gasteiger partial charge in [0.25, 0.3) is 0 Å². The number of aryl methyl sites for hydroxylation is 1. The minimum Gasteiger partial charge on any atom is -0.346 e. The molecule has 2 aromatic rings. The number of rotatable bonds is 3. The van der Waals surface area contributed by atoms with Crippen LogP contribution in [0.1, 0.15) is 24.4 Å². The number of aromatic nitrogens is 2. The molecule has 0 amide bonds. The van der Waals surface area contributed by atoms with Crippen molar-refractivity contribution >= 4 is 15.9 Å². The zero-order valence-corrected chi connectivity index (χ0v) is 13.3. The van der Waals surface area contributed by atoms with Crippen molar-refractivity contribution in [3.63, 3.8) is 0 Å². The van der Waals surface area contributed by atoms with E-state index in [1.165, 1.54) is 12.8 Å². The fraction of sp³-hybridized carbons (Fsp3) is 0.438. The van der Waals surface area contributed by atoms with E-state index in [-0.39, 0.29) is 0 Å². The summed E-state index contributed by atoms with van der Waals surface area (Å²) in [5.74, 6) is 1.82. The zero-order valence-electron chi connectivity index (χ0n) is 11.7. The van der Waals surface area contributed by atoms with Crippen LogP contribution in [0.3, 0.4) is 0 Å². The van der Waals surface area contributed by atoms with E-state index in [2.05, 4.69) is 51.4 Å². The van der Waals surface area contributed by atoms with Gasteiger partial charge in [-0.15, -0.1) is 0 Å². The van der Waals surface area contributed by atoms with Gasteiger partial charge in [0, 0.05) is 22.2 Å². The standard InChI is InChI=1S/C16H20BrN3/c1-11-16(13-6-2-3-7-14(13)17)20-15(19-11)9-12-5-4-8-18-10-12/h2-3,6-7,12,18H,4-5,8-10H2,1H3,(H,19,20). The predicted molar refractivity (Wildman–Crippen MR) is 85.8 cm³/mol. The van der Waals surface area contributed by atoms with Crippen LogP contribution in [0.2, 0.25) is 0 Å². The fourth-order valence-electron chi connectivity index (χ4n) is 2.91. The summed E-state index contributed by atoms with van der Waals surface area (Å²) in [6, 6.07) is 8.26. The van der Waals surface area contributed by atoms with Crippen molar-refractivity contribution in [1.82, 2.24) is 15.3 Å². The largest absolute Gasteiger partial charge is 0.346 e. The number of piperidine rings is 1. The van der Waals surface area contributed by atoms with Gasteiger partial charge in [-0.3, -0.25) is 0 Å². The zero-order chi connectivity index (χ0) is 13.9. The van der Waals surface area contributed by atoms with Gasteiger partial charge in [-0.1, -0.05) is 34.1 Å². The van der Waals surface area contributed by atoms with Crippen LogP contribution < -0.4 is 5.32 Å². The first-order valence-electron chi connectivity index (χ1n) is 7.25. The lowest BCUT2D eigenvalue weighted by Crippen LogP contribution is -2.31. The van der Waals surface area contributed by atoms with Gasteiger partial charge in [-0.05, 0) is 44.8 Å². The van der Waals surface area contributed by atoms with E-state index < -0.39 is 0 Å². The number of benzene rings is 1. The Morgan fingerprint density at radius 3 is 2.95 bits per heavy atom. The van der Waals surface area contributed by atoms with E-state index in [0.29, 0.717) is 5.92 Å². The summed E-state index contributed by atoms with van der Waals surface area (Å²) >= 11 is 3.61. The number of halogens is 1. The summed E-state index contributed by atoms with van der Waals surface area (Å²) in [6.07, 6.45) is 3.62. The Labute approximate surface area is 128 Å². The Kier molecular flexibility index (Phi) is 4.22. The minimum absolute atomic E-state index is 0.710. The molecule has 1 saturated heterocycles. The smallest absolute Gasteiger partial charge is 0.107 e. The highest BCUT2D eigenvalue weighted by molar-refractivity contribution is 9.10. The van der Waals surface area contributed by atoms with E-state index in [9.17, 15) is 0 Å². The maximum Gasteiger partial charge on any atom is 0.107 e. The van der Waals surface area contributed by atoms with Crippen molar-refractivity contribution in [1.29, 1.82) is 0 Å². The van der Waals surface area contributed by atoms with Crippen molar-refractivity contribution in [2.75, 3.05) is 13.1 Å². The molecule has 1 aromatic carbocycles. The van der Waals surface area contributed by atoms with Crippen LogP contribution in [0.25, 0.3) is 11.3 Å². The van der Waals surface area contributed by atoms with Gasteiger partial charge in [0.15, 0.2) is 0 Å². The van der Waals surface area contributed by atoms with Crippen molar-refractivity contribution in [2.24, 2.45) is 5.92 Å². The number of hydrogen-bond acceptors (Lipinski definition) is 2. The molecule has 0 saturated carbocycles. The molecule has 1 fully saturated rings. The Balaban J connectivity index is 1.82. The lowest BCUT2D eigenvalue weighted by Gasteiger charge is -2.21. The van der Waals surface area contributed by atoms with Crippen LogP contribution in [0, 0.1) is 12.8 Å². The molecule has 1 unspecified atom stereocenters. The molecule has 1 atom stereocenters. The van der Waals surface area contributed by atoms with E-state index in [1.54, 1.807) is 0 Å². The molecule has 3 nitrogen and oxygen atoms in total. The molecular weight excluding hydrogens is 314 g/mol. The van der Waals surface area contributed by atoms with Gasteiger partial charge in [-0.2, -0.15) is 0 Å². The van der Waals surface area contributed by atoms with Crippen molar-refractivity contribution < 1.29 is 0 Å². The maximum atomic E-state index is 4.82. The van der Waals surface area contributed by atoms with Crippen LogP contribution in [-0.4, -0.2) is 23.1 Å². The van der Waals surface area contributed by atoms with Gasteiger partial charge < -0.3 is 10.3 Å². The Morgan fingerprint density at radius 1 is 1.35 bits per heavy atom. The third kappa shape index (κ3) is 2.96. The summed E-state index contributed by atoms with van der Waals surface area (Å²) in [4.78, 5) is 8.28. The highest BCUT2D eigenvalue weighted by Crippen LogP contribution is 2.29. The second kappa shape index (κ2) is 6.10. The molecule has 0 spiro atoms. The third-order valence-electron chi connectivity index (χ3n) is 3.94. The molecule has 2 heterocycles. The first-order valence-corrected chi connectivity index (χ1v) is 8.04. The summed E-state index contributed by atoms with van der Waals surface area (Å²) in [6.45, 7) is 4.38. The molecule has 1 aliphatic heterocycles. The lowest BCUT2D eigenvalue weighted by molar-refractivity contribution is 0.371. The monoisotopic (exact) mass is 333 g/mol. The van der Waals surface area contributed by atoms with Crippen LogP contribution in [-0.2, 0) is 6.42 Å². The van der Waals surface area contributed by atoms with Gasteiger partial charge in [-0.25, -0.2) is 4.98 Å². The molecule has 2 N–H and O–H groups in total. The van der Waals surface area contributed by atoms with Gasteiger partial charge in [0.05, 0.1) is 5.69 Å². The number of aromatic amines is 1. The normalized spacial score (nSPS) is 19.2. The molecule has 0 bridgehead atoms. The number of nitrogens with one attached hydrogen (secondary N) is 2. The van der Waals surface area contributed by atoms with Crippen LogP contribution in [0.15, 0.2) is 28.7 Å². The summed E-state index contributed by atoms with van der Waals surface area (Å²) in [5, 5.41) is 3.47. The van der Waals surface area contributed by atoms with Crippen LogP contribution in [0.5, 0.6) is 0 Å². The number of H-pyrrole nitrogens is 1. The van der Waals surface area contributed by atoms with Crippen molar-refractivity contribution in [3.8, 4) is 11.3 Å². The average Bonchev–Trinajstić information content (AvgIpc) is 2.81. The van der Waals surface area contributed by atoms with E-state index in [1.807, 2.05) is 6.07 Å². The molecule has 0 radical (unpaired) electrons. The first-order chi connectivity index (χ1) is 9.74. The molecular formula is C16H20BrN3. The molecule has 20 heavy (non-hydrogen) atoms. The fourth-order valence-corrected chi connectivity index (χ4v) is 3.38. The molecule has 1 aliphatic rings. The Hall–Kier alpha value is -1.13. The minimum atomic E-state index is 0.710. The number of imidazole rings is 1. The molecule has 106 valence electrons. The molecule has 0 aliphatic carbocycles. The van der Waals surface area contributed by atoms with Crippen LogP contribution in [0.4, 0.5) is 0 Å². The highest BCUT2D eigenvalue weighted by Gasteiger charge is 2.17. The van der Waals surface area contributed by atoms with Gasteiger partial charge in [0.2, 0.25) is 0 Å². The van der Waals surface area contributed by atoms with Gasteiger partial charge >= 0.3 is 0 Å². The number of nitrogens with zero attached hydrogens (tertiary/aromatic N) is 1. The number of hydrogen-bond donors (Lipinski definition) is 2. The highest BCUT2D eigenvalue weighted by atomic mass is 79.9. The first kappa shape index (κ1) is 13.8.